The first-order chi connectivity index (χ1) is 9.65. The van der Waals surface area contributed by atoms with Gasteiger partial charge in [-0.2, -0.15) is 0 Å². The molecule has 2 N–H and O–H groups in total. The minimum Gasteiger partial charge on any atom is -0.398 e. The van der Waals surface area contributed by atoms with Gasteiger partial charge in [0.1, 0.15) is 0 Å². The predicted molar refractivity (Wildman–Crippen MR) is 89.1 cm³/mol. The third-order valence-electron chi connectivity index (χ3n) is 3.92. The quantitative estimate of drug-likeness (QED) is 0.832. The van der Waals surface area contributed by atoms with Crippen molar-refractivity contribution in [2.75, 3.05) is 17.2 Å². The highest BCUT2D eigenvalue weighted by molar-refractivity contribution is 9.10. The molecule has 0 unspecified atom stereocenters. The Kier molecular flexibility index (Phi) is 3.70. The molecule has 0 bridgehead atoms. The van der Waals surface area contributed by atoms with E-state index in [-0.39, 0.29) is 0 Å². The van der Waals surface area contributed by atoms with Crippen LogP contribution in [0.3, 0.4) is 0 Å². The second-order valence-electron chi connectivity index (χ2n) is 5.48. The number of anilines is 2. The molecule has 2 aromatic carbocycles. The lowest BCUT2D eigenvalue weighted by molar-refractivity contribution is 0.690. The van der Waals surface area contributed by atoms with Crippen molar-refractivity contribution in [2.24, 2.45) is 0 Å². The largest absolute Gasteiger partial charge is 0.398 e. The van der Waals surface area contributed by atoms with E-state index in [2.05, 4.69) is 52.0 Å². The lowest BCUT2D eigenvalue weighted by atomic mass is 9.99. The van der Waals surface area contributed by atoms with E-state index in [4.69, 9.17) is 5.73 Å². The molecule has 0 fully saturated rings. The second-order valence-corrected chi connectivity index (χ2v) is 6.27. The highest BCUT2D eigenvalue weighted by Gasteiger charge is 2.18. The van der Waals surface area contributed by atoms with E-state index in [0.29, 0.717) is 0 Å². The molecule has 3 heteroatoms. The van der Waals surface area contributed by atoms with E-state index < -0.39 is 0 Å². The average molecular weight is 331 g/mol. The zero-order chi connectivity index (χ0) is 14.1. The van der Waals surface area contributed by atoms with Crippen LogP contribution in [0.25, 0.3) is 0 Å². The molecule has 1 aliphatic rings. The van der Waals surface area contributed by atoms with Gasteiger partial charge >= 0.3 is 0 Å². The molecule has 0 spiro atoms. The number of hydrogen-bond acceptors (Lipinski definition) is 2. The Morgan fingerprint density at radius 1 is 1.25 bits per heavy atom. The topological polar surface area (TPSA) is 29.3 Å². The Bertz CT molecular complexity index is 637. The van der Waals surface area contributed by atoms with Crippen LogP contribution >= 0.6 is 15.9 Å². The normalized spacial score (nSPS) is 14.2. The molecule has 0 amide bonds. The number of nitrogen functional groups attached to an aromatic ring is 1. The van der Waals surface area contributed by atoms with Crippen molar-refractivity contribution in [3.63, 3.8) is 0 Å². The van der Waals surface area contributed by atoms with Crippen molar-refractivity contribution in [1.82, 2.24) is 0 Å². The molecule has 2 nitrogen and oxygen atoms in total. The van der Waals surface area contributed by atoms with E-state index in [9.17, 15) is 0 Å². The SMILES string of the molecule is Cc1ccc2c(c1)CCCN2Cc1cccc(N)c1Br. The van der Waals surface area contributed by atoms with Crippen molar-refractivity contribution in [2.45, 2.75) is 26.3 Å². The van der Waals surface area contributed by atoms with Gasteiger partial charge in [0.2, 0.25) is 0 Å². The number of hydrogen-bond donors (Lipinski definition) is 1. The molecule has 0 aliphatic carbocycles. The van der Waals surface area contributed by atoms with Crippen LogP contribution in [0.15, 0.2) is 40.9 Å². The van der Waals surface area contributed by atoms with Crippen molar-refractivity contribution in [3.8, 4) is 0 Å². The first-order valence-corrected chi connectivity index (χ1v) is 7.82. The summed E-state index contributed by atoms with van der Waals surface area (Å²) in [5.41, 5.74) is 12.2. The van der Waals surface area contributed by atoms with Crippen LogP contribution in [-0.4, -0.2) is 6.54 Å². The van der Waals surface area contributed by atoms with Crippen molar-refractivity contribution in [3.05, 3.63) is 57.6 Å². The van der Waals surface area contributed by atoms with E-state index in [1.165, 1.54) is 35.2 Å². The van der Waals surface area contributed by atoms with Gasteiger partial charge in [-0.25, -0.2) is 0 Å². The summed E-state index contributed by atoms with van der Waals surface area (Å²) in [5, 5.41) is 0. The smallest absolute Gasteiger partial charge is 0.0461 e. The molecule has 0 saturated carbocycles. The molecule has 3 rings (SSSR count). The minimum absolute atomic E-state index is 0.809. The Hall–Kier alpha value is -1.48. The second kappa shape index (κ2) is 5.49. The van der Waals surface area contributed by atoms with Crippen molar-refractivity contribution >= 4 is 27.3 Å². The highest BCUT2D eigenvalue weighted by Crippen LogP contribution is 2.31. The zero-order valence-corrected chi connectivity index (χ0v) is 13.3. The van der Waals surface area contributed by atoms with Crippen LogP contribution < -0.4 is 10.6 Å². The van der Waals surface area contributed by atoms with Gasteiger partial charge in [-0.15, -0.1) is 0 Å². The van der Waals surface area contributed by atoms with E-state index in [1.807, 2.05) is 12.1 Å². The number of nitrogens with zero attached hydrogens (tertiary/aromatic N) is 1. The summed E-state index contributed by atoms with van der Waals surface area (Å²) in [6.45, 7) is 4.17. The summed E-state index contributed by atoms with van der Waals surface area (Å²) in [5.74, 6) is 0. The number of rotatable bonds is 2. The summed E-state index contributed by atoms with van der Waals surface area (Å²) in [4.78, 5) is 2.46. The first-order valence-electron chi connectivity index (χ1n) is 7.02. The lowest BCUT2D eigenvalue weighted by Gasteiger charge is -2.32. The summed E-state index contributed by atoms with van der Waals surface area (Å²) >= 11 is 3.61. The number of benzene rings is 2. The third kappa shape index (κ3) is 2.55. The Morgan fingerprint density at radius 3 is 2.95 bits per heavy atom. The summed E-state index contributed by atoms with van der Waals surface area (Å²) in [6.07, 6.45) is 2.40. The van der Waals surface area contributed by atoms with Gasteiger partial charge in [-0.05, 0) is 59.0 Å². The Labute approximate surface area is 128 Å². The summed E-state index contributed by atoms with van der Waals surface area (Å²) < 4.78 is 1.03. The molecule has 1 aliphatic heterocycles. The summed E-state index contributed by atoms with van der Waals surface area (Å²) in [6, 6.07) is 12.9. The molecule has 0 atom stereocenters. The fraction of sp³-hybridized carbons (Fsp3) is 0.294. The van der Waals surface area contributed by atoms with Gasteiger partial charge in [-0.1, -0.05) is 29.8 Å². The van der Waals surface area contributed by atoms with E-state index >= 15 is 0 Å². The zero-order valence-electron chi connectivity index (χ0n) is 11.7. The van der Waals surface area contributed by atoms with Gasteiger partial charge in [-0.3, -0.25) is 0 Å². The average Bonchev–Trinajstić information content (AvgIpc) is 2.44. The molecule has 1 heterocycles. The van der Waals surface area contributed by atoms with Gasteiger partial charge < -0.3 is 10.6 Å². The van der Waals surface area contributed by atoms with Crippen LogP contribution in [0.1, 0.15) is 23.1 Å². The Morgan fingerprint density at radius 2 is 2.10 bits per heavy atom. The van der Waals surface area contributed by atoms with Gasteiger partial charge in [0.15, 0.2) is 0 Å². The highest BCUT2D eigenvalue weighted by atomic mass is 79.9. The minimum atomic E-state index is 0.809. The molecular weight excluding hydrogens is 312 g/mol. The third-order valence-corrected chi connectivity index (χ3v) is 4.89. The maximum atomic E-state index is 5.97. The maximum Gasteiger partial charge on any atom is 0.0461 e. The molecule has 0 radical (unpaired) electrons. The van der Waals surface area contributed by atoms with E-state index in [1.54, 1.807) is 0 Å². The van der Waals surface area contributed by atoms with Crippen LogP contribution in [0.4, 0.5) is 11.4 Å². The Balaban J connectivity index is 1.91. The van der Waals surface area contributed by atoms with E-state index in [0.717, 1.165) is 23.2 Å². The number of nitrogens with two attached hydrogens (primary N) is 1. The van der Waals surface area contributed by atoms with Crippen LogP contribution in [0.5, 0.6) is 0 Å². The summed E-state index contributed by atoms with van der Waals surface area (Å²) in [7, 11) is 0. The molecule has 104 valence electrons. The monoisotopic (exact) mass is 330 g/mol. The first kappa shape index (κ1) is 13.5. The van der Waals surface area contributed by atoms with Gasteiger partial charge in [0, 0.05) is 28.9 Å². The number of fused-ring (bicyclic) bond motifs is 1. The van der Waals surface area contributed by atoms with Gasteiger partial charge in [0.05, 0.1) is 0 Å². The molecule has 0 saturated heterocycles. The van der Waals surface area contributed by atoms with Crippen LogP contribution in [0.2, 0.25) is 0 Å². The molecule has 0 aromatic heterocycles. The fourth-order valence-electron chi connectivity index (χ4n) is 2.90. The standard InChI is InChI=1S/C17H19BrN2/c1-12-7-8-16-13(10-12)5-3-9-20(16)11-14-4-2-6-15(19)17(14)18/h2,4,6-8,10H,3,5,9,11,19H2,1H3. The van der Waals surface area contributed by atoms with Crippen molar-refractivity contribution < 1.29 is 0 Å². The molecule has 20 heavy (non-hydrogen) atoms. The lowest BCUT2D eigenvalue weighted by Crippen LogP contribution is -2.29. The molecule has 2 aromatic rings. The van der Waals surface area contributed by atoms with Gasteiger partial charge in [0.25, 0.3) is 0 Å². The van der Waals surface area contributed by atoms with Crippen LogP contribution in [-0.2, 0) is 13.0 Å². The molecular formula is C17H19BrN2. The predicted octanol–water partition coefficient (Wildman–Crippen LogP) is 4.29. The number of aryl methyl sites for hydroxylation is 2. The maximum absolute atomic E-state index is 5.97. The van der Waals surface area contributed by atoms with Crippen molar-refractivity contribution in [1.29, 1.82) is 0 Å². The fourth-order valence-corrected chi connectivity index (χ4v) is 3.29. The van der Waals surface area contributed by atoms with Crippen LogP contribution in [0, 0.1) is 6.92 Å². The number of halogens is 1.